The highest BCUT2D eigenvalue weighted by molar-refractivity contribution is 9.10. The monoisotopic (exact) mass is 438 g/mol. The Morgan fingerprint density at radius 3 is 2.65 bits per heavy atom. The summed E-state index contributed by atoms with van der Waals surface area (Å²) in [6.45, 7) is -0.127. The molecule has 1 aromatic heterocycles. The third kappa shape index (κ3) is 5.33. The van der Waals surface area contributed by atoms with E-state index < -0.39 is 0 Å². The molecule has 1 aromatic carbocycles. The third-order valence-electron chi connectivity index (χ3n) is 3.77. The van der Waals surface area contributed by atoms with Crippen molar-refractivity contribution in [3.05, 3.63) is 40.6 Å². The number of nitrogens with one attached hydrogen (secondary N) is 2. The second-order valence-electron chi connectivity index (χ2n) is 5.96. The molecule has 0 unspecified atom stereocenters. The standard InChI is InChI=1S/C17H19BrN4O3S/c18-11-1-3-12(4-2-11)21-16(25)10-26-17-19-7-14(9-23)22(17)8-15(24)20-13-5-6-13/h1-4,7,13,23H,5-6,8-10H2,(H,20,24)(H,21,25). The Kier molecular flexibility index (Phi) is 6.33. The van der Waals surface area contributed by atoms with Crippen molar-refractivity contribution < 1.29 is 14.7 Å². The van der Waals surface area contributed by atoms with Crippen LogP contribution in [0.4, 0.5) is 5.69 Å². The summed E-state index contributed by atoms with van der Waals surface area (Å²) in [4.78, 5) is 28.4. The summed E-state index contributed by atoms with van der Waals surface area (Å²) in [6.07, 6.45) is 3.56. The average molecular weight is 439 g/mol. The first kappa shape index (κ1) is 18.9. The van der Waals surface area contributed by atoms with Crippen LogP contribution in [0.5, 0.6) is 0 Å². The van der Waals surface area contributed by atoms with Gasteiger partial charge in [-0.15, -0.1) is 0 Å². The topological polar surface area (TPSA) is 96.2 Å². The molecule has 1 heterocycles. The van der Waals surface area contributed by atoms with E-state index in [-0.39, 0.29) is 36.8 Å². The molecular formula is C17H19BrN4O3S. The van der Waals surface area contributed by atoms with E-state index in [0.29, 0.717) is 16.5 Å². The highest BCUT2D eigenvalue weighted by Gasteiger charge is 2.24. The second kappa shape index (κ2) is 8.70. The molecule has 2 amide bonds. The van der Waals surface area contributed by atoms with Crippen LogP contribution in [-0.4, -0.2) is 38.3 Å². The van der Waals surface area contributed by atoms with Gasteiger partial charge in [0.05, 0.1) is 24.3 Å². The molecule has 0 saturated heterocycles. The molecule has 1 aliphatic rings. The lowest BCUT2D eigenvalue weighted by molar-refractivity contribution is -0.122. The van der Waals surface area contributed by atoms with Gasteiger partial charge in [0.25, 0.3) is 0 Å². The fourth-order valence-corrected chi connectivity index (χ4v) is 3.37. The van der Waals surface area contributed by atoms with Gasteiger partial charge < -0.3 is 20.3 Å². The molecule has 1 fully saturated rings. The number of imidazole rings is 1. The van der Waals surface area contributed by atoms with Gasteiger partial charge in [-0.2, -0.15) is 0 Å². The number of amides is 2. The Labute approximate surface area is 163 Å². The van der Waals surface area contributed by atoms with Crippen LogP contribution in [0.25, 0.3) is 0 Å². The van der Waals surface area contributed by atoms with E-state index in [4.69, 9.17) is 0 Å². The number of aliphatic hydroxyl groups excluding tert-OH is 1. The minimum absolute atomic E-state index is 0.0864. The molecule has 0 bridgehead atoms. The molecule has 7 nitrogen and oxygen atoms in total. The number of aromatic nitrogens is 2. The summed E-state index contributed by atoms with van der Waals surface area (Å²) >= 11 is 4.58. The highest BCUT2D eigenvalue weighted by Crippen LogP contribution is 2.21. The van der Waals surface area contributed by atoms with Crippen LogP contribution >= 0.6 is 27.7 Å². The maximum atomic E-state index is 12.1. The maximum absolute atomic E-state index is 12.1. The molecule has 3 N–H and O–H groups in total. The summed E-state index contributed by atoms with van der Waals surface area (Å²) in [5, 5.41) is 15.7. The van der Waals surface area contributed by atoms with Gasteiger partial charge in [-0.25, -0.2) is 4.98 Å². The normalized spacial score (nSPS) is 13.5. The fourth-order valence-electron chi connectivity index (χ4n) is 2.31. The fraction of sp³-hybridized carbons (Fsp3) is 0.353. The minimum atomic E-state index is -0.213. The predicted molar refractivity (Wildman–Crippen MR) is 103 cm³/mol. The van der Waals surface area contributed by atoms with E-state index in [2.05, 4.69) is 31.5 Å². The Morgan fingerprint density at radius 2 is 2.00 bits per heavy atom. The van der Waals surface area contributed by atoms with E-state index >= 15 is 0 Å². The number of carbonyl (C=O) groups excluding carboxylic acids is 2. The maximum Gasteiger partial charge on any atom is 0.240 e. The van der Waals surface area contributed by atoms with E-state index in [0.717, 1.165) is 17.3 Å². The molecule has 0 spiro atoms. The molecule has 0 atom stereocenters. The number of nitrogens with zero attached hydrogens (tertiary/aromatic N) is 2. The average Bonchev–Trinajstić information content (AvgIpc) is 3.34. The van der Waals surface area contributed by atoms with Gasteiger partial charge in [-0.05, 0) is 37.1 Å². The third-order valence-corrected chi connectivity index (χ3v) is 5.29. The Hall–Kier alpha value is -1.84. The Balaban J connectivity index is 1.57. The number of thioether (sulfide) groups is 1. The van der Waals surface area contributed by atoms with Crippen molar-refractivity contribution in [2.75, 3.05) is 11.1 Å². The summed E-state index contributed by atoms with van der Waals surface area (Å²) < 4.78 is 2.59. The van der Waals surface area contributed by atoms with E-state index in [1.807, 2.05) is 12.1 Å². The van der Waals surface area contributed by atoms with Crippen molar-refractivity contribution in [1.29, 1.82) is 0 Å². The minimum Gasteiger partial charge on any atom is -0.390 e. The molecule has 26 heavy (non-hydrogen) atoms. The van der Waals surface area contributed by atoms with Crippen molar-refractivity contribution in [2.24, 2.45) is 0 Å². The van der Waals surface area contributed by atoms with Crippen molar-refractivity contribution in [3.8, 4) is 0 Å². The molecule has 0 radical (unpaired) electrons. The highest BCUT2D eigenvalue weighted by atomic mass is 79.9. The van der Waals surface area contributed by atoms with Gasteiger partial charge in [0.1, 0.15) is 6.54 Å². The number of halogens is 1. The SMILES string of the molecule is O=C(CSc1ncc(CO)n1CC(=O)NC1CC1)Nc1ccc(Br)cc1. The zero-order valence-corrected chi connectivity index (χ0v) is 16.3. The molecule has 0 aliphatic heterocycles. The van der Waals surface area contributed by atoms with Gasteiger partial charge in [-0.3, -0.25) is 9.59 Å². The number of benzene rings is 1. The molecule has 3 rings (SSSR count). The Morgan fingerprint density at radius 1 is 1.27 bits per heavy atom. The Bertz CT molecular complexity index is 790. The lowest BCUT2D eigenvalue weighted by Gasteiger charge is -2.11. The van der Waals surface area contributed by atoms with E-state index in [1.54, 1.807) is 16.7 Å². The summed E-state index contributed by atoms with van der Waals surface area (Å²) in [7, 11) is 0. The zero-order chi connectivity index (χ0) is 18.5. The lowest BCUT2D eigenvalue weighted by Crippen LogP contribution is -2.30. The number of carbonyl (C=O) groups is 2. The predicted octanol–water partition coefficient (Wildman–Crippen LogP) is 2.15. The summed E-state index contributed by atoms with van der Waals surface area (Å²) in [5.74, 6) is -0.122. The molecule has 2 aromatic rings. The van der Waals surface area contributed by atoms with Crippen LogP contribution in [0.3, 0.4) is 0 Å². The summed E-state index contributed by atoms with van der Waals surface area (Å²) in [6, 6.07) is 7.58. The van der Waals surface area contributed by atoms with Crippen molar-refractivity contribution in [3.63, 3.8) is 0 Å². The van der Waals surface area contributed by atoms with Gasteiger partial charge in [-0.1, -0.05) is 27.7 Å². The quantitative estimate of drug-likeness (QED) is 0.548. The summed E-state index contributed by atoms with van der Waals surface area (Å²) in [5.41, 5.74) is 1.26. The number of anilines is 1. The largest absolute Gasteiger partial charge is 0.390 e. The molecule has 138 valence electrons. The first-order chi connectivity index (χ1) is 12.5. The number of hydrogen-bond acceptors (Lipinski definition) is 5. The van der Waals surface area contributed by atoms with Gasteiger partial charge in [0.15, 0.2) is 5.16 Å². The molecule has 1 saturated carbocycles. The van der Waals surface area contributed by atoms with Crippen LogP contribution in [0.2, 0.25) is 0 Å². The van der Waals surface area contributed by atoms with Gasteiger partial charge in [0.2, 0.25) is 11.8 Å². The number of aliphatic hydroxyl groups is 1. The van der Waals surface area contributed by atoms with Crippen molar-refractivity contribution in [2.45, 2.75) is 37.2 Å². The van der Waals surface area contributed by atoms with Gasteiger partial charge >= 0.3 is 0 Å². The first-order valence-corrected chi connectivity index (χ1v) is 9.96. The van der Waals surface area contributed by atoms with Crippen LogP contribution in [-0.2, 0) is 22.7 Å². The molecule has 9 heteroatoms. The second-order valence-corrected chi connectivity index (χ2v) is 7.82. The van der Waals surface area contributed by atoms with Crippen LogP contribution < -0.4 is 10.6 Å². The first-order valence-electron chi connectivity index (χ1n) is 8.18. The zero-order valence-electron chi connectivity index (χ0n) is 13.9. The van der Waals surface area contributed by atoms with E-state index in [9.17, 15) is 14.7 Å². The lowest BCUT2D eigenvalue weighted by atomic mass is 10.3. The number of hydrogen-bond donors (Lipinski definition) is 3. The van der Waals surface area contributed by atoms with Crippen molar-refractivity contribution in [1.82, 2.24) is 14.9 Å². The van der Waals surface area contributed by atoms with Crippen LogP contribution in [0.15, 0.2) is 40.1 Å². The molecule has 1 aliphatic carbocycles. The van der Waals surface area contributed by atoms with Crippen LogP contribution in [0, 0.1) is 0 Å². The van der Waals surface area contributed by atoms with Crippen molar-refractivity contribution >= 4 is 45.2 Å². The number of rotatable bonds is 8. The van der Waals surface area contributed by atoms with E-state index in [1.165, 1.54) is 18.0 Å². The van der Waals surface area contributed by atoms with Gasteiger partial charge in [0, 0.05) is 16.2 Å². The smallest absolute Gasteiger partial charge is 0.240 e. The van der Waals surface area contributed by atoms with Crippen LogP contribution in [0.1, 0.15) is 18.5 Å². The molecular weight excluding hydrogens is 420 g/mol.